The Morgan fingerprint density at radius 3 is 2.93 bits per heavy atom. The first-order valence-electron chi connectivity index (χ1n) is 10.0. The van der Waals surface area contributed by atoms with E-state index in [1.165, 1.54) is 11.3 Å². The number of ether oxygens (including phenoxy) is 1. The molecule has 0 saturated heterocycles. The van der Waals surface area contributed by atoms with E-state index in [1.807, 2.05) is 37.4 Å². The van der Waals surface area contributed by atoms with Crippen LogP contribution in [0.2, 0.25) is 0 Å². The smallest absolute Gasteiger partial charge is 0.263 e. The molecule has 1 aliphatic heterocycles. The molecular weight excluding hydrogens is 396 g/mol. The van der Waals surface area contributed by atoms with Crippen LogP contribution in [0.25, 0.3) is 32.2 Å². The van der Waals surface area contributed by atoms with Gasteiger partial charge < -0.3 is 15.4 Å². The highest BCUT2D eigenvalue weighted by Gasteiger charge is 2.24. The van der Waals surface area contributed by atoms with Gasteiger partial charge in [0.25, 0.3) is 5.91 Å². The van der Waals surface area contributed by atoms with Crippen molar-refractivity contribution < 1.29 is 9.53 Å². The number of nitrogens with one attached hydrogen (secondary N) is 2. The summed E-state index contributed by atoms with van der Waals surface area (Å²) in [6.07, 6.45) is 2.66. The molecule has 0 aliphatic carbocycles. The number of thiophene rings is 1. The summed E-state index contributed by atoms with van der Waals surface area (Å²) in [7, 11) is 1.66. The maximum atomic E-state index is 12.6. The fourth-order valence-electron chi connectivity index (χ4n) is 3.94. The molecule has 0 saturated carbocycles. The second kappa shape index (κ2) is 7.25. The van der Waals surface area contributed by atoms with Crippen LogP contribution in [0.3, 0.4) is 0 Å². The SMILES string of the molecule is CCc1ncc(-c2ccc3c(ccc4sc5c(c43)NC[C@@H](C)NC5=O)n2)cc1OC. The van der Waals surface area contributed by atoms with Gasteiger partial charge in [-0.25, -0.2) is 4.98 Å². The molecular formula is C23H22N4O2S. The second-order valence-electron chi connectivity index (χ2n) is 7.49. The van der Waals surface area contributed by atoms with Gasteiger partial charge >= 0.3 is 0 Å². The summed E-state index contributed by atoms with van der Waals surface area (Å²) in [6, 6.07) is 10.2. The van der Waals surface area contributed by atoms with Crippen LogP contribution in [-0.4, -0.2) is 35.6 Å². The van der Waals surface area contributed by atoms with E-state index in [-0.39, 0.29) is 11.9 Å². The standard InChI is InChI=1S/C23H22N4O2S/c1-4-15-18(29-3)9-13(11-24-15)16-6-5-14-17(27-16)7-8-19-20(14)21-22(30-19)23(28)26-12(2)10-25-21/h5-9,11-12,25H,4,10H2,1-3H3,(H,26,28)/t12-/m1/s1. The fourth-order valence-corrected chi connectivity index (χ4v) is 5.04. The normalized spacial score (nSPS) is 16.1. The van der Waals surface area contributed by atoms with Gasteiger partial charge in [0.2, 0.25) is 0 Å². The monoisotopic (exact) mass is 418 g/mol. The van der Waals surface area contributed by atoms with Gasteiger partial charge in [0.05, 0.1) is 29.7 Å². The first-order valence-corrected chi connectivity index (χ1v) is 10.8. The summed E-state index contributed by atoms with van der Waals surface area (Å²) in [5.41, 5.74) is 4.49. The van der Waals surface area contributed by atoms with Gasteiger partial charge in [0.15, 0.2) is 0 Å². The van der Waals surface area contributed by atoms with Gasteiger partial charge in [0.1, 0.15) is 10.6 Å². The van der Waals surface area contributed by atoms with Gasteiger partial charge in [-0.3, -0.25) is 9.78 Å². The topological polar surface area (TPSA) is 76.1 Å². The minimum absolute atomic E-state index is 0.0180. The summed E-state index contributed by atoms with van der Waals surface area (Å²) in [5.74, 6) is 0.760. The van der Waals surface area contributed by atoms with E-state index < -0.39 is 0 Å². The Kier molecular flexibility index (Phi) is 4.55. The highest BCUT2D eigenvalue weighted by atomic mass is 32.1. The Bertz CT molecular complexity index is 1300. The van der Waals surface area contributed by atoms with Gasteiger partial charge in [-0.15, -0.1) is 11.3 Å². The van der Waals surface area contributed by atoms with Crippen LogP contribution < -0.4 is 15.4 Å². The predicted molar refractivity (Wildman–Crippen MR) is 122 cm³/mol. The number of carbonyl (C=O) groups is 1. The van der Waals surface area contributed by atoms with Crippen molar-refractivity contribution in [2.24, 2.45) is 0 Å². The lowest BCUT2D eigenvalue weighted by atomic mass is 10.1. The number of hydrogen-bond acceptors (Lipinski definition) is 6. The van der Waals surface area contributed by atoms with Gasteiger partial charge in [0, 0.05) is 39.8 Å². The molecule has 1 aliphatic rings. The fraction of sp³-hybridized carbons (Fsp3) is 0.261. The van der Waals surface area contributed by atoms with Crippen LogP contribution in [0.1, 0.15) is 29.2 Å². The first-order chi connectivity index (χ1) is 14.6. The minimum Gasteiger partial charge on any atom is -0.495 e. The van der Waals surface area contributed by atoms with Crippen molar-refractivity contribution in [3.8, 4) is 17.0 Å². The summed E-state index contributed by atoms with van der Waals surface area (Å²) >= 11 is 1.52. The van der Waals surface area contributed by atoms with E-state index in [2.05, 4.69) is 28.6 Å². The average Bonchev–Trinajstić information content (AvgIpc) is 3.09. The van der Waals surface area contributed by atoms with Crippen LogP contribution in [0.4, 0.5) is 5.69 Å². The molecule has 3 aromatic heterocycles. The molecule has 0 bridgehead atoms. The van der Waals surface area contributed by atoms with Crippen LogP contribution in [-0.2, 0) is 6.42 Å². The number of rotatable bonds is 3. The third-order valence-electron chi connectivity index (χ3n) is 5.47. The molecule has 0 spiro atoms. The molecule has 6 nitrogen and oxygen atoms in total. The zero-order valence-corrected chi connectivity index (χ0v) is 17.9. The molecule has 1 atom stereocenters. The molecule has 1 amide bonds. The van der Waals surface area contributed by atoms with Crippen molar-refractivity contribution in [1.82, 2.24) is 15.3 Å². The number of benzene rings is 1. The molecule has 2 N–H and O–H groups in total. The second-order valence-corrected chi connectivity index (χ2v) is 8.54. The quantitative estimate of drug-likeness (QED) is 0.507. The third kappa shape index (κ3) is 2.97. The van der Waals surface area contributed by atoms with E-state index in [0.717, 1.165) is 60.7 Å². The maximum Gasteiger partial charge on any atom is 0.263 e. The van der Waals surface area contributed by atoms with Crippen LogP contribution in [0, 0.1) is 0 Å². The maximum absolute atomic E-state index is 12.6. The van der Waals surface area contributed by atoms with E-state index >= 15 is 0 Å². The lowest BCUT2D eigenvalue weighted by Gasteiger charge is -2.11. The molecule has 7 heteroatoms. The van der Waals surface area contributed by atoms with Crippen LogP contribution in [0.15, 0.2) is 36.5 Å². The molecule has 30 heavy (non-hydrogen) atoms. The number of fused-ring (bicyclic) bond motifs is 5. The number of nitrogens with zero attached hydrogens (tertiary/aromatic N) is 2. The first kappa shape index (κ1) is 18.8. The highest BCUT2D eigenvalue weighted by molar-refractivity contribution is 7.21. The molecule has 5 rings (SSSR count). The Morgan fingerprint density at radius 2 is 2.13 bits per heavy atom. The number of pyridine rings is 2. The number of amides is 1. The number of anilines is 1. The lowest BCUT2D eigenvalue weighted by Crippen LogP contribution is -2.34. The van der Waals surface area contributed by atoms with Crippen LogP contribution >= 0.6 is 11.3 Å². The number of carbonyl (C=O) groups excluding carboxylic acids is 1. The zero-order valence-electron chi connectivity index (χ0n) is 17.1. The van der Waals surface area contributed by atoms with Gasteiger partial charge in [-0.2, -0.15) is 0 Å². The largest absolute Gasteiger partial charge is 0.495 e. The summed E-state index contributed by atoms with van der Waals surface area (Å²) in [5, 5.41) is 8.60. The van der Waals surface area contributed by atoms with E-state index in [1.54, 1.807) is 7.11 Å². The molecule has 0 fully saturated rings. The molecule has 4 aromatic rings. The third-order valence-corrected chi connectivity index (χ3v) is 6.63. The molecule has 4 heterocycles. The van der Waals surface area contributed by atoms with Crippen LogP contribution in [0.5, 0.6) is 5.75 Å². The Labute approximate surface area is 178 Å². The Morgan fingerprint density at radius 1 is 1.27 bits per heavy atom. The van der Waals surface area contributed by atoms with Gasteiger partial charge in [-0.1, -0.05) is 6.92 Å². The number of hydrogen-bond donors (Lipinski definition) is 2. The lowest BCUT2D eigenvalue weighted by molar-refractivity contribution is 0.0949. The summed E-state index contributed by atoms with van der Waals surface area (Å²) < 4.78 is 6.57. The minimum atomic E-state index is -0.0180. The van der Waals surface area contributed by atoms with Crippen molar-refractivity contribution in [2.75, 3.05) is 19.0 Å². The molecule has 1 aromatic carbocycles. The van der Waals surface area contributed by atoms with E-state index in [4.69, 9.17) is 9.72 Å². The summed E-state index contributed by atoms with van der Waals surface area (Å²) in [6.45, 7) is 4.76. The van der Waals surface area contributed by atoms with Crippen molar-refractivity contribution >= 4 is 43.9 Å². The Hall–Kier alpha value is -3.19. The van der Waals surface area contributed by atoms with Crippen molar-refractivity contribution in [3.05, 3.63) is 47.1 Å². The summed E-state index contributed by atoms with van der Waals surface area (Å²) in [4.78, 5) is 22.8. The highest BCUT2D eigenvalue weighted by Crippen LogP contribution is 2.41. The van der Waals surface area contributed by atoms with E-state index in [9.17, 15) is 4.79 Å². The van der Waals surface area contributed by atoms with Crippen molar-refractivity contribution in [1.29, 1.82) is 0 Å². The zero-order chi connectivity index (χ0) is 20.8. The predicted octanol–water partition coefficient (Wildman–Crippen LogP) is 4.63. The number of methoxy groups -OCH3 is 1. The molecule has 152 valence electrons. The van der Waals surface area contributed by atoms with Crippen molar-refractivity contribution in [3.63, 3.8) is 0 Å². The number of aromatic nitrogens is 2. The van der Waals surface area contributed by atoms with Crippen molar-refractivity contribution in [2.45, 2.75) is 26.3 Å². The molecule has 0 radical (unpaired) electrons. The molecule has 0 unspecified atom stereocenters. The number of aryl methyl sites for hydroxylation is 1. The van der Waals surface area contributed by atoms with E-state index in [0.29, 0.717) is 6.54 Å². The van der Waals surface area contributed by atoms with Gasteiger partial charge in [-0.05, 0) is 43.7 Å². The average molecular weight is 419 g/mol. The Balaban J connectivity index is 1.66.